The van der Waals surface area contributed by atoms with Crippen molar-refractivity contribution in [1.82, 2.24) is 5.32 Å². The van der Waals surface area contributed by atoms with Crippen molar-refractivity contribution in [2.45, 2.75) is 44.9 Å². The first-order valence-electron chi connectivity index (χ1n) is 6.84. The molecule has 106 valence electrons. The van der Waals surface area contributed by atoms with Gasteiger partial charge in [0.05, 0.1) is 13.2 Å². The quantitative estimate of drug-likeness (QED) is 0.878. The molecule has 0 aromatic heterocycles. The lowest BCUT2D eigenvalue weighted by atomic mass is 10.0. The van der Waals surface area contributed by atoms with Gasteiger partial charge in [0.2, 0.25) is 0 Å². The molecule has 1 saturated heterocycles. The molecule has 1 aliphatic rings. The number of methoxy groups -OCH3 is 1. The molecular formula is C15H23NO3. The minimum absolute atomic E-state index is 0.112. The van der Waals surface area contributed by atoms with Crippen LogP contribution in [0.3, 0.4) is 0 Å². The second kappa shape index (κ2) is 6.26. The summed E-state index contributed by atoms with van der Waals surface area (Å²) in [6.07, 6.45) is 2.34. The number of aromatic hydroxyl groups is 1. The van der Waals surface area contributed by atoms with Gasteiger partial charge >= 0.3 is 0 Å². The smallest absolute Gasteiger partial charge is 0.124 e. The highest BCUT2D eigenvalue weighted by Crippen LogP contribution is 2.29. The summed E-state index contributed by atoms with van der Waals surface area (Å²) in [5, 5.41) is 13.6. The van der Waals surface area contributed by atoms with Crippen molar-refractivity contribution >= 4 is 0 Å². The maximum Gasteiger partial charge on any atom is 0.124 e. The molecule has 0 saturated carbocycles. The van der Waals surface area contributed by atoms with E-state index >= 15 is 0 Å². The Kier molecular flexibility index (Phi) is 4.66. The van der Waals surface area contributed by atoms with Crippen LogP contribution in [0, 0.1) is 0 Å². The SMILES string of the molecule is COc1ccc(C(C)NC2CCOC(C)C2)c(O)c1. The van der Waals surface area contributed by atoms with Gasteiger partial charge in [-0.2, -0.15) is 0 Å². The van der Waals surface area contributed by atoms with E-state index in [1.54, 1.807) is 13.2 Å². The third-order valence-electron chi connectivity index (χ3n) is 3.67. The predicted octanol–water partition coefficient (Wildman–Crippen LogP) is 2.62. The monoisotopic (exact) mass is 265 g/mol. The number of phenols is 1. The van der Waals surface area contributed by atoms with E-state index in [0.29, 0.717) is 17.9 Å². The van der Waals surface area contributed by atoms with E-state index in [1.807, 2.05) is 12.1 Å². The van der Waals surface area contributed by atoms with Gasteiger partial charge < -0.3 is 19.9 Å². The molecule has 1 fully saturated rings. The fraction of sp³-hybridized carbons (Fsp3) is 0.600. The summed E-state index contributed by atoms with van der Waals surface area (Å²) in [6, 6.07) is 6.00. The Morgan fingerprint density at radius 3 is 2.89 bits per heavy atom. The molecule has 0 bridgehead atoms. The summed E-state index contributed by atoms with van der Waals surface area (Å²) in [6.45, 7) is 4.98. The zero-order valence-corrected chi connectivity index (χ0v) is 11.8. The molecule has 1 aromatic rings. The summed E-state index contributed by atoms with van der Waals surface area (Å²) in [5.74, 6) is 0.951. The highest BCUT2D eigenvalue weighted by atomic mass is 16.5. The van der Waals surface area contributed by atoms with Crippen LogP contribution in [0.25, 0.3) is 0 Å². The second-order valence-electron chi connectivity index (χ2n) is 5.22. The number of phenolic OH excluding ortho intramolecular Hbond substituents is 1. The summed E-state index contributed by atoms with van der Waals surface area (Å²) in [7, 11) is 1.60. The Balaban J connectivity index is 2.01. The molecule has 1 aromatic carbocycles. The van der Waals surface area contributed by atoms with E-state index in [1.165, 1.54) is 0 Å². The fourth-order valence-electron chi connectivity index (χ4n) is 2.61. The molecular weight excluding hydrogens is 242 g/mol. The average Bonchev–Trinajstić information content (AvgIpc) is 2.38. The molecule has 0 aliphatic carbocycles. The maximum absolute atomic E-state index is 10.0. The van der Waals surface area contributed by atoms with Gasteiger partial charge in [-0.3, -0.25) is 0 Å². The Labute approximate surface area is 114 Å². The standard InChI is InChI=1S/C15H23NO3/c1-10-8-12(6-7-19-10)16-11(2)14-5-4-13(18-3)9-15(14)17/h4-5,9-12,16-17H,6-8H2,1-3H3. The van der Waals surface area contributed by atoms with Gasteiger partial charge in [0.25, 0.3) is 0 Å². The van der Waals surface area contributed by atoms with Gasteiger partial charge in [0.15, 0.2) is 0 Å². The van der Waals surface area contributed by atoms with Crippen molar-refractivity contribution in [3.8, 4) is 11.5 Å². The van der Waals surface area contributed by atoms with Crippen LogP contribution in [0.15, 0.2) is 18.2 Å². The summed E-state index contributed by atoms with van der Waals surface area (Å²) >= 11 is 0. The lowest BCUT2D eigenvalue weighted by Crippen LogP contribution is -2.39. The summed E-state index contributed by atoms with van der Waals surface area (Å²) in [4.78, 5) is 0. The Morgan fingerprint density at radius 2 is 2.26 bits per heavy atom. The normalized spacial score (nSPS) is 25.0. The number of hydrogen-bond donors (Lipinski definition) is 2. The van der Waals surface area contributed by atoms with Gasteiger partial charge in [-0.15, -0.1) is 0 Å². The summed E-state index contributed by atoms with van der Waals surface area (Å²) < 4.78 is 10.6. The van der Waals surface area contributed by atoms with Crippen molar-refractivity contribution in [2.24, 2.45) is 0 Å². The summed E-state index contributed by atoms with van der Waals surface area (Å²) in [5.41, 5.74) is 0.903. The molecule has 2 N–H and O–H groups in total. The van der Waals surface area contributed by atoms with Crippen LogP contribution < -0.4 is 10.1 Å². The van der Waals surface area contributed by atoms with Gasteiger partial charge in [0.1, 0.15) is 11.5 Å². The van der Waals surface area contributed by atoms with Gasteiger partial charge in [-0.05, 0) is 32.8 Å². The topological polar surface area (TPSA) is 50.7 Å². The molecule has 3 unspecified atom stereocenters. The molecule has 3 atom stereocenters. The highest BCUT2D eigenvalue weighted by molar-refractivity contribution is 5.41. The molecule has 4 heteroatoms. The fourth-order valence-corrected chi connectivity index (χ4v) is 2.61. The van der Waals surface area contributed by atoms with E-state index < -0.39 is 0 Å². The largest absolute Gasteiger partial charge is 0.507 e. The van der Waals surface area contributed by atoms with Gasteiger partial charge in [-0.1, -0.05) is 6.07 Å². The molecule has 4 nitrogen and oxygen atoms in total. The minimum atomic E-state index is 0.112. The first-order valence-corrected chi connectivity index (χ1v) is 6.84. The zero-order valence-electron chi connectivity index (χ0n) is 11.8. The first kappa shape index (κ1) is 14.2. The van der Waals surface area contributed by atoms with E-state index in [2.05, 4.69) is 19.2 Å². The zero-order chi connectivity index (χ0) is 13.8. The van der Waals surface area contributed by atoms with Gasteiger partial charge in [-0.25, -0.2) is 0 Å². The van der Waals surface area contributed by atoms with Crippen molar-refractivity contribution < 1.29 is 14.6 Å². The van der Waals surface area contributed by atoms with Crippen molar-refractivity contribution in [3.05, 3.63) is 23.8 Å². The van der Waals surface area contributed by atoms with Crippen LogP contribution in [0.4, 0.5) is 0 Å². The maximum atomic E-state index is 10.0. The Morgan fingerprint density at radius 1 is 1.47 bits per heavy atom. The lowest BCUT2D eigenvalue weighted by molar-refractivity contribution is 0.0115. The predicted molar refractivity (Wildman–Crippen MR) is 74.6 cm³/mol. The third kappa shape index (κ3) is 3.61. The van der Waals surface area contributed by atoms with Crippen LogP contribution in [0.5, 0.6) is 11.5 Å². The Hall–Kier alpha value is -1.26. The van der Waals surface area contributed by atoms with E-state index in [0.717, 1.165) is 25.0 Å². The van der Waals surface area contributed by atoms with E-state index in [-0.39, 0.29) is 11.8 Å². The highest BCUT2D eigenvalue weighted by Gasteiger charge is 2.22. The molecule has 1 heterocycles. The molecule has 0 radical (unpaired) electrons. The third-order valence-corrected chi connectivity index (χ3v) is 3.67. The van der Waals surface area contributed by atoms with Gasteiger partial charge in [0, 0.05) is 30.3 Å². The lowest BCUT2D eigenvalue weighted by Gasteiger charge is -2.30. The van der Waals surface area contributed by atoms with Crippen molar-refractivity contribution in [3.63, 3.8) is 0 Å². The van der Waals surface area contributed by atoms with Crippen molar-refractivity contribution in [1.29, 1.82) is 0 Å². The number of ether oxygens (including phenoxy) is 2. The second-order valence-corrected chi connectivity index (χ2v) is 5.22. The van der Waals surface area contributed by atoms with Crippen LogP contribution in [-0.4, -0.2) is 31.0 Å². The van der Waals surface area contributed by atoms with E-state index in [9.17, 15) is 5.11 Å². The molecule has 1 aliphatic heterocycles. The van der Waals surface area contributed by atoms with Crippen molar-refractivity contribution in [2.75, 3.05) is 13.7 Å². The minimum Gasteiger partial charge on any atom is -0.507 e. The molecule has 0 amide bonds. The Bertz CT molecular complexity index is 422. The molecule has 19 heavy (non-hydrogen) atoms. The van der Waals surface area contributed by atoms with Crippen LogP contribution in [0.2, 0.25) is 0 Å². The van der Waals surface area contributed by atoms with Crippen LogP contribution in [-0.2, 0) is 4.74 Å². The molecule has 2 rings (SSSR count). The molecule has 0 spiro atoms. The number of hydrogen-bond acceptors (Lipinski definition) is 4. The average molecular weight is 265 g/mol. The van der Waals surface area contributed by atoms with E-state index in [4.69, 9.17) is 9.47 Å². The number of rotatable bonds is 4. The first-order chi connectivity index (χ1) is 9.10. The van der Waals surface area contributed by atoms with Crippen LogP contribution >= 0.6 is 0 Å². The number of nitrogens with one attached hydrogen (secondary N) is 1. The number of benzene rings is 1. The van der Waals surface area contributed by atoms with Crippen LogP contribution in [0.1, 0.15) is 38.3 Å².